The first kappa shape index (κ1) is 19.2. The van der Waals surface area contributed by atoms with Crippen LogP contribution in [-0.4, -0.2) is 29.9 Å². The third kappa shape index (κ3) is 3.20. The van der Waals surface area contributed by atoms with Crippen LogP contribution >= 0.6 is 0 Å². The number of carbonyl (C=O) groups excluding carboxylic acids is 2. The molecule has 0 saturated carbocycles. The van der Waals surface area contributed by atoms with Crippen LogP contribution in [0.2, 0.25) is 0 Å². The number of rotatable bonds is 3. The molecule has 1 amide bonds. The maximum absolute atomic E-state index is 12.8. The minimum atomic E-state index is -1.07. The van der Waals surface area contributed by atoms with E-state index >= 15 is 0 Å². The van der Waals surface area contributed by atoms with Gasteiger partial charge in [-0.25, -0.2) is 4.79 Å². The molecule has 2 aromatic heterocycles. The number of fused-ring (bicyclic) bond motifs is 3. The first-order valence-corrected chi connectivity index (χ1v) is 9.70. The normalized spacial score (nSPS) is 15.3. The number of hydrogen-bond donors (Lipinski definition) is 0. The Morgan fingerprint density at radius 3 is 2.48 bits per heavy atom. The van der Waals surface area contributed by atoms with Crippen molar-refractivity contribution in [3.63, 3.8) is 0 Å². The van der Waals surface area contributed by atoms with Crippen LogP contribution in [0.25, 0.3) is 21.9 Å². The zero-order chi connectivity index (χ0) is 20.9. The molecule has 29 heavy (non-hydrogen) atoms. The van der Waals surface area contributed by atoms with Gasteiger partial charge >= 0.3 is 5.63 Å². The number of aryl methyl sites for hydroxylation is 3. The van der Waals surface area contributed by atoms with Gasteiger partial charge in [0.1, 0.15) is 11.2 Å². The second kappa shape index (κ2) is 7.06. The highest BCUT2D eigenvalue weighted by Gasteiger charge is 2.26. The number of likely N-dealkylation sites (tertiary alicyclic amines) is 1. The topological polar surface area (TPSA) is 104 Å². The SMILES string of the molecule is Cc1coc2c1c(C)cc1oc(=O)c(CC(=O)N3CCC(C(=O)[O-])CC3)c(C)c12. The summed E-state index contributed by atoms with van der Waals surface area (Å²) in [6.45, 7) is 6.39. The number of hydrogen-bond acceptors (Lipinski definition) is 6. The van der Waals surface area contributed by atoms with Crippen molar-refractivity contribution in [1.29, 1.82) is 0 Å². The molecule has 0 N–H and O–H groups in total. The van der Waals surface area contributed by atoms with E-state index in [0.29, 0.717) is 53.6 Å². The van der Waals surface area contributed by atoms with Gasteiger partial charge in [0.05, 0.1) is 23.6 Å². The lowest BCUT2D eigenvalue weighted by Gasteiger charge is -2.32. The van der Waals surface area contributed by atoms with Gasteiger partial charge in [0.15, 0.2) is 0 Å². The Morgan fingerprint density at radius 1 is 1.14 bits per heavy atom. The lowest BCUT2D eigenvalue weighted by Crippen LogP contribution is -2.44. The van der Waals surface area contributed by atoms with Crippen LogP contribution in [0.1, 0.15) is 35.1 Å². The third-order valence-corrected chi connectivity index (χ3v) is 5.98. The Morgan fingerprint density at radius 2 is 1.83 bits per heavy atom. The number of aliphatic carboxylic acids is 1. The summed E-state index contributed by atoms with van der Waals surface area (Å²) in [5.74, 6) is -1.81. The number of carbonyl (C=O) groups is 2. The van der Waals surface area contributed by atoms with Crippen LogP contribution < -0.4 is 10.7 Å². The second-order valence-electron chi connectivity index (χ2n) is 7.83. The molecule has 4 rings (SSSR count). The highest BCUT2D eigenvalue weighted by atomic mass is 16.4. The molecule has 1 saturated heterocycles. The van der Waals surface area contributed by atoms with Crippen LogP contribution in [0.3, 0.4) is 0 Å². The van der Waals surface area contributed by atoms with Crippen molar-refractivity contribution < 1.29 is 23.5 Å². The number of benzene rings is 1. The monoisotopic (exact) mass is 396 g/mol. The van der Waals surface area contributed by atoms with Crippen molar-refractivity contribution >= 4 is 33.8 Å². The van der Waals surface area contributed by atoms with E-state index in [2.05, 4.69) is 0 Å². The van der Waals surface area contributed by atoms with E-state index in [1.54, 1.807) is 18.1 Å². The van der Waals surface area contributed by atoms with Crippen LogP contribution in [0, 0.1) is 26.7 Å². The van der Waals surface area contributed by atoms with Crippen molar-refractivity contribution in [2.45, 2.75) is 40.0 Å². The summed E-state index contributed by atoms with van der Waals surface area (Å²) in [6.07, 6.45) is 2.32. The fourth-order valence-electron chi connectivity index (χ4n) is 4.30. The quantitative estimate of drug-likeness (QED) is 0.627. The van der Waals surface area contributed by atoms with E-state index in [1.165, 1.54) is 0 Å². The molecule has 0 unspecified atom stereocenters. The highest BCUT2D eigenvalue weighted by Crippen LogP contribution is 2.34. The summed E-state index contributed by atoms with van der Waals surface area (Å²) in [5.41, 5.74) is 3.51. The molecule has 1 fully saturated rings. The van der Waals surface area contributed by atoms with Crippen molar-refractivity contribution in [3.05, 3.63) is 45.0 Å². The fraction of sp³-hybridized carbons (Fsp3) is 0.409. The lowest BCUT2D eigenvalue weighted by atomic mass is 9.96. The molecule has 7 heteroatoms. The molecule has 1 aliphatic heterocycles. The van der Waals surface area contributed by atoms with Gasteiger partial charge in [-0.2, -0.15) is 0 Å². The van der Waals surface area contributed by atoms with Crippen LogP contribution in [-0.2, 0) is 16.0 Å². The van der Waals surface area contributed by atoms with Crippen LogP contribution in [0.4, 0.5) is 0 Å². The molecule has 7 nitrogen and oxygen atoms in total. The number of amides is 1. The molecule has 1 aliphatic rings. The number of furan rings is 1. The van der Waals surface area contributed by atoms with E-state index in [-0.39, 0.29) is 12.3 Å². The molecular formula is C22H22NO6-. The van der Waals surface area contributed by atoms with Gasteiger partial charge < -0.3 is 23.6 Å². The molecular weight excluding hydrogens is 374 g/mol. The summed E-state index contributed by atoms with van der Waals surface area (Å²) in [4.78, 5) is 38.0. The number of nitrogens with zero attached hydrogens (tertiary/aromatic N) is 1. The fourth-order valence-corrected chi connectivity index (χ4v) is 4.30. The molecule has 0 atom stereocenters. The van der Waals surface area contributed by atoms with Crippen LogP contribution in [0.5, 0.6) is 0 Å². The van der Waals surface area contributed by atoms with Gasteiger partial charge in [0.25, 0.3) is 0 Å². The predicted molar refractivity (Wildman–Crippen MR) is 104 cm³/mol. The minimum Gasteiger partial charge on any atom is -0.550 e. The summed E-state index contributed by atoms with van der Waals surface area (Å²) in [6, 6.07) is 1.82. The Bertz CT molecular complexity index is 1190. The van der Waals surface area contributed by atoms with E-state index in [1.807, 2.05) is 19.9 Å². The molecule has 152 valence electrons. The van der Waals surface area contributed by atoms with E-state index in [4.69, 9.17) is 8.83 Å². The van der Waals surface area contributed by atoms with Gasteiger partial charge in [-0.15, -0.1) is 0 Å². The predicted octanol–water partition coefficient (Wildman–Crippen LogP) is 2.00. The van der Waals surface area contributed by atoms with E-state index in [0.717, 1.165) is 16.5 Å². The second-order valence-corrected chi connectivity index (χ2v) is 7.83. The van der Waals surface area contributed by atoms with Gasteiger partial charge in [0, 0.05) is 30.4 Å². The first-order chi connectivity index (χ1) is 13.8. The first-order valence-electron chi connectivity index (χ1n) is 9.70. The molecule has 3 heterocycles. The van der Waals surface area contributed by atoms with E-state index < -0.39 is 17.5 Å². The third-order valence-electron chi connectivity index (χ3n) is 5.98. The maximum atomic E-state index is 12.8. The largest absolute Gasteiger partial charge is 0.550 e. The number of carboxylic acid groups (broad SMARTS) is 1. The molecule has 3 aromatic rings. The highest BCUT2D eigenvalue weighted by molar-refractivity contribution is 6.07. The van der Waals surface area contributed by atoms with Crippen molar-refractivity contribution in [2.75, 3.05) is 13.1 Å². The number of piperidine rings is 1. The zero-order valence-electron chi connectivity index (χ0n) is 16.7. The number of carboxylic acids is 1. The molecule has 0 bridgehead atoms. The molecule has 1 aromatic carbocycles. The lowest BCUT2D eigenvalue weighted by molar-refractivity contribution is -0.312. The van der Waals surface area contributed by atoms with Crippen molar-refractivity contribution in [2.24, 2.45) is 5.92 Å². The standard InChI is InChI=1S/C22H23NO6/c1-11-8-16-19(20-18(11)12(2)10-28-20)13(3)15(22(27)29-16)9-17(24)23-6-4-14(5-7-23)21(25)26/h8,10,14H,4-7,9H2,1-3H3,(H,25,26)/p-1. The Labute approximate surface area is 166 Å². The van der Waals surface area contributed by atoms with Gasteiger partial charge in [0.2, 0.25) is 5.91 Å². The molecule has 0 radical (unpaired) electrons. The van der Waals surface area contributed by atoms with Gasteiger partial charge in [-0.05, 0) is 56.4 Å². The smallest absolute Gasteiger partial charge is 0.340 e. The Hall–Kier alpha value is -3.09. The molecule has 0 aliphatic carbocycles. The Balaban J connectivity index is 1.70. The summed E-state index contributed by atoms with van der Waals surface area (Å²) in [5, 5.41) is 12.7. The van der Waals surface area contributed by atoms with Gasteiger partial charge in [-0.1, -0.05) is 0 Å². The van der Waals surface area contributed by atoms with Crippen molar-refractivity contribution in [3.8, 4) is 0 Å². The zero-order valence-corrected chi connectivity index (χ0v) is 16.7. The Kier molecular flexibility index (Phi) is 4.68. The van der Waals surface area contributed by atoms with Gasteiger partial charge in [-0.3, -0.25) is 4.79 Å². The van der Waals surface area contributed by atoms with E-state index in [9.17, 15) is 19.5 Å². The summed E-state index contributed by atoms with van der Waals surface area (Å²) < 4.78 is 11.3. The average molecular weight is 396 g/mol. The van der Waals surface area contributed by atoms with Crippen LogP contribution in [0.15, 0.2) is 26.0 Å². The molecule has 0 spiro atoms. The summed E-state index contributed by atoms with van der Waals surface area (Å²) in [7, 11) is 0. The van der Waals surface area contributed by atoms with Crippen molar-refractivity contribution in [1.82, 2.24) is 4.90 Å². The summed E-state index contributed by atoms with van der Waals surface area (Å²) >= 11 is 0. The minimum absolute atomic E-state index is 0.0881. The maximum Gasteiger partial charge on any atom is 0.340 e. The average Bonchev–Trinajstić information content (AvgIpc) is 3.07.